The van der Waals surface area contributed by atoms with Gasteiger partial charge in [0, 0.05) is 48.7 Å². The minimum absolute atomic E-state index is 0.0166. The van der Waals surface area contributed by atoms with Gasteiger partial charge in [-0.2, -0.15) is 0 Å². The monoisotopic (exact) mass is 367 g/mol. The maximum absolute atomic E-state index is 12.9. The van der Waals surface area contributed by atoms with Crippen LogP contribution in [0.25, 0.3) is 10.9 Å². The maximum Gasteiger partial charge on any atom is 0.295 e. The topological polar surface area (TPSA) is 73.5 Å². The quantitative estimate of drug-likeness (QED) is 0.669. The van der Waals surface area contributed by atoms with Crippen LogP contribution in [0.3, 0.4) is 0 Å². The minimum Gasteiger partial charge on any atom is -0.358 e. The Morgan fingerprint density at radius 1 is 0.963 bits per heavy atom. The highest BCUT2D eigenvalue weighted by molar-refractivity contribution is 6.45. The van der Waals surface area contributed by atoms with Crippen molar-refractivity contribution >= 4 is 28.5 Å². The van der Waals surface area contributed by atoms with Crippen LogP contribution in [-0.4, -0.2) is 58.6 Å². The van der Waals surface area contributed by atoms with Gasteiger partial charge in [-0.3, -0.25) is 14.4 Å². The van der Waals surface area contributed by atoms with Crippen LogP contribution in [0.2, 0.25) is 0 Å². The van der Waals surface area contributed by atoms with E-state index in [4.69, 9.17) is 0 Å². The number of H-pyrrole nitrogens is 1. The SMILES string of the molecule is Cc1[nH]c2ccccc2c1C(=O)C(=O)N1CCC(C(=O)N2CCCC2)CC1. The Balaban J connectivity index is 1.44. The van der Waals surface area contributed by atoms with Crippen molar-refractivity contribution in [3.63, 3.8) is 0 Å². The number of para-hydroxylation sites is 1. The van der Waals surface area contributed by atoms with Crippen molar-refractivity contribution in [1.82, 2.24) is 14.8 Å². The number of aromatic amines is 1. The second-order valence-corrected chi connectivity index (χ2v) is 7.60. The highest BCUT2D eigenvalue weighted by Gasteiger charge is 2.34. The van der Waals surface area contributed by atoms with Gasteiger partial charge in [-0.05, 0) is 38.7 Å². The highest BCUT2D eigenvalue weighted by Crippen LogP contribution is 2.25. The molecule has 2 aliphatic heterocycles. The second-order valence-electron chi connectivity index (χ2n) is 7.60. The molecule has 0 unspecified atom stereocenters. The van der Waals surface area contributed by atoms with E-state index in [1.165, 1.54) is 0 Å². The van der Waals surface area contributed by atoms with Crippen LogP contribution in [-0.2, 0) is 9.59 Å². The Hall–Kier alpha value is -2.63. The molecule has 2 aliphatic rings. The van der Waals surface area contributed by atoms with E-state index in [0.717, 1.165) is 36.8 Å². The molecule has 0 bridgehead atoms. The number of hydrogen-bond donors (Lipinski definition) is 1. The lowest BCUT2D eigenvalue weighted by molar-refractivity contribution is -0.138. The first kappa shape index (κ1) is 17.8. The molecule has 0 atom stereocenters. The Labute approximate surface area is 158 Å². The molecule has 2 aromatic rings. The Bertz CT molecular complexity index is 887. The van der Waals surface area contributed by atoms with Crippen molar-refractivity contribution in [3.05, 3.63) is 35.5 Å². The first-order valence-corrected chi connectivity index (χ1v) is 9.76. The summed E-state index contributed by atoms with van der Waals surface area (Å²) in [6.07, 6.45) is 3.45. The van der Waals surface area contributed by atoms with E-state index in [1.807, 2.05) is 36.1 Å². The molecule has 0 saturated carbocycles. The molecule has 3 heterocycles. The molecule has 1 aromatic heterocycles. The van der Waals surface area contributed by atoms with E-state index in [2.05, 4.69) is 4.98 Å². The summed E-state index contributed by atoms with van der Waals surface area (Å²) in [6.45, 7) is 4.47. The highest BCUT2D eigenvalue weighted by atomic mass is 16.2. The summed E-state index contributed by atoms with van der Waals surface area (Å²) >= 11 is 0. The van der Waals surface area contributed by atoms with Gasteiger partial charge in [-0.25, -0.2) is 0 Å². The number of rotatable bonds is 3. The average molecular weight is 367 g/mol. The van der Waals surface area contributed by atoms with Gasteiger partial charge in [0.05, 0.1) is 5.56 Å². The molecule has 142 valence electrons. The van der Waals surface area contributed by atoms with Crippen molar-refractivity contribution in [2.75, 3.05) is 26.2 Å². The van der Waals surface area contributed by atoms with Gasteiger partial charge >= 0.3 is 0 Å². The van der Waals surface area contributed by atoms with Gasteiger partial charge in [0.1, 0.15) is 0 Å². The van der Waals surface area contributed by atoms with E-state index in [0.29, 0.717) is 37.2 Å². The number of benzene rings is 1. The van der Waals surface area contributed by atoms with Crippen LogP contribution in [0.4, 0.5) is 0 Å². The predicted molar refractivity (Wildman–Crippen MR) is 102 cm³/mol. The van der Waals surface area contributed by atoms with Crippen LogP contribution in [0.15, 0.2) is 24.3 Å². The average Bonchev–Trinajstić information content (AvgIpc) is 3.33. The largest absolute Gasteiger partial charge is 0.358 e. The zero-order valence-electron chi connectivity index (χ0n) is 15.7. The molecule has 2 amide bonds. The molecule has 2 fully saturated rings. The lowest BCUT2D eigenvalue weighted by Crippen LogP contribution is -2.45. The zero-order chi connectivity index (χ0) is 19.0. The maximum atomic E-state index is 12.9. The molecular formula is C21H25N3O3. The third-order valence-electron chi connectivity index (χ3n) is 5.86. The number of hydrogen-bond acceptors (Lipinski definition) is 3. The number of Topliss-reactive ketones (excluding diaryl/α,β-unsaturated/α-hetero) is 1. The van der Waals surface area contributed by atoms with Crippen LogP contribution in [0, 0.1) is 12.8 Å². The lowest BCUT2D eigenvalue weighted by atomic mass is 9.94. The van der Waals surface area contributed by atoms with E-state index >= 15 is 0 Å². The molecule has 0 spiro atoms. The van der Waals surface area contributed by atoms with Crippen LogP contribution >= 0.6 is 0 Å². The summed E-state index contributed by atoms with van der Waals surface area (Å²) in [5, 5.41) is 0.785. The predicted octanol–water partition coefficient (Wildman–Crippen LogP) is 2.52. The first-order chi connectivity index (χ1) is 13.1. The Morgan fingerprint density at radius 3 is 2.33 bits per heavy atom. The van der Waals surface area contributed by atoms with Gasteiger partial charge in [0.2, 0.25) is 5.91 Å². The molecule has 0 aliphatic carbocycles. The van der Waals surface area contributed by atoms with Gasteiger partial charge in [0.25, 0.3) is 11.7 Å². The minimum atomic E-state index is -0.464. The molecule has 27 heavy (non-hydrogen) atoms. The van der Waals surface area contributed by atoms with Crippen molar-refractivity contribution < 1.29 is 14.4 Å². The summed E-state index contributed by atoms with van der Waals surface area (Å²) in [7, 11) is 0. The third-order valence-corrected chi connectivity index (χ3v) is 5.86. The number of aromatic nitrogens is 1. The van der Waals surface area contributed by atoms with Gasteiger partial charge in [0.15, 0.2) is 0 Å². The third kappa shape index (κ3) is 3.24. The fraction of sp³-hybridized carbons (Fsp3) is 0.476. The number of fused-ring (bicyclic) bond motifs is 1. The molecule has 2 saturated heterocycles. The number of aryl methyl sites for hydroxylation is 1. The number of amides is 2. The van der Waals surface area contributed by atoms with E-state index in [1.54, 1.807) is 4.90 Å². The Morgan fingerprint density at radius 2 is 1.63 bits per heavy atom. The molecule has 6 heteroatoms. The fourth-order valence-electron chi connectivity index (χ4n) is 4.35. The van der Waals surface area contributed by atoms with Crippen molar-refractivity contribution in [1.29, 1.82) is 0 Å². The lowest BCUT2D eigenvalue weighted by Gasteiger charge is -2.32. The number of nitrogens with one attached hydrogen (secondary N) is 1. The number of carbonyl (C=O) groups is 3. The first-order valence-electron chi connectivity index (χ1n) is 9.76. The summed E-state index contributed by atoms with van der Waals surface area (Å²) < 4.78 is 0. The van der Waals surface area contributed by atoms with E-state index < -0.39 is 11.7 Å². The smallest absolute Gasteiger partial charge is 0.295 e. The Kier molecular flexibility index (Phi) is 4.72. The summed E-state index contributed by atoms with van der Waals surface area (Å²) in [4.78, 5) is 44.9. The van der Waals surface area contributed by atoms with Crippen molar-refractivity contribution in [2.45, 2.75) is 32.6 Å². The normalized spacial score (nSPS) is 18.3. The second kappa shape index (κ2) is 7.18. The van der Waals surface area contributed by atoms with Crippen LogP contribution < -0.4 is 0 Å². The number of carbonyl (C=O) groups excluding carboxylic acids is 3. The van der Waals surface area contributed by atoms with Crippen LogP contribution in [0.5, 0.6) is 0 Å². The van der Waals surface area contributed by atoms with Gasteiger partial charge in [-0.1, -0.05) is 18.2 Å². The van der Waals surface area contributed by atoms with Crippen LogP contribution in [0.1, 0.15) is 41.7 Å². The standard InChI is InChI=1S/C21H25N3O3/c1-14-18(16-6-2-3-7-17(16)22-14)19(25)21(27)24-12-8-15(9-13-24)20(26)23-10-4-5-11-23/h2-3,6-7,15,22H,4-5,8-13H2,1H3. The molecule has 1 aromatic carbocycles. The van der Waals surface area contributed by atoms with Crippen molar-refractivity contribution in [2.24, 2.45) is 5.92 Å². The molecule has 6 nitrogen and oxygen atoms in total. The van der Waals surface area contributed by atoms with Gasteiger partial charge in [-0.15, -0.1) is 0 Å². The number of ketones is 1. The van der Waals surface area contributed by atoms with Gasteiger partial charge < -0.3 is 14.8 Å². The van der Waals surface area contributed by atoms with E-state index in [-0.39, 0.29) is 11.8 Å². The molecule has 4 rings (SSSR count). The molecular weight excluding hydrogens is 342 g/mol. The number of likely N-dealkylation sites (tertiary alicyclic amines) is 2. The summed E-state index contributed by atoms with van der Waals surface area (Å²) in [5.74, 6) is -0.723. The summed E-state index contributed by atoms with van der Waals surface area (Å²) in [5.41, 5.74) is 2.04. The molecule has 0 radical (unpaired) electrons. The molecule has 1 N–H and O–H groups in total. The van der Waals surface area contributed by atoms with E-state index in [9.17, 15) is 14.4 Å². The van der Waals surface area contributed by atoms with Crippen molar-refractivity contribution in [3.8, 4) is 0 Å². The zero-order valence-corrected chi connectivity index (χ0v) is 15.7. The number of piperidine rings is 1. The number of nitrogens with zero attached hydrogens (tertiary/aromatic N) is 2. The summed E-state index contributed by atoms with van der Waals surface area (Å²) in [6, 6.07) is 7.53. The fourth-order valence-corrected chi connectivity index (χ4v) is 4.35.